The van der Waals surface area contributed by atoms with Gasteiger partial charge in [0.05, 0.1) is 23.9 Å². The number of hydrogen-bond acceptors (Lipinski definition) is 3. The van der Waals surface area contributed by atoms with E-state index in [2.05, 4.69) is 11.1 Å². The van der Waals surface area contributed by atoms with E-state index in [4.69, 9.17) is 5.26 Å². The summed E-state index contributed by atoms with van der Waals surface area (Å²) in [5.41, 5.74) is 2.04. The van der Waals surface area contributed by atoms with E-state index in [1.54, 1.807) is 30.5 Å². The summed E-state index contributed by atoms with van der Waals surface area (Å²) in [6.07, 6.45) is 1.73. The van der Waals surface area contributed by atoms with Crippen LogP contribution in [0, 0.1) is 11.3 Å². The Morgan fingerprint density at radius 2 is 2.22 bits per heavy atom. The van der Waals surface area contributed by atoms with Gasteiger partial charge in [0.1, 0.15) is 0 Å². The molecule has 0 aliphatic carbocycles. The molecule has 0 saturated heterocycles. The largest absolute Gasteiger partial charge is 0.367 e. The average molecular weight is 239 g/mol. The van der Waals surface area contributed by atoms with Gasteiger partial charge in [-0.1, -0.05) is 6.07 Å². The molecule has 0 saturated carbocycles. The van der Waals surface area contributed by atoms with E-state index in [-0.39, 0.29) is 12.3 Å². The molecule has 0 amide bonds. The molecule has 1 aromatic heterocycles. The lowest BCUT2D eigenvalue weighted by atomic mass is 10.2. The Hall–Kier alpha value is -2.54. The molecule has 90 valence electrons. The highest BCUT2D eigenvalue weighted by molar-refractivity contribution is 5.97. The van der Waals surface area contributed by atoms with E-state index < -0.39 is 0 Å². The second-order valence-corrected chi connectivity index (χ2v) is 4.03. The second kappa shape index (κ2) is 5.19. The predicted molar refractivity (Wildman–Crippen MR) is 69.6 cm³/mol. The molecular weight excluding hydrogens is 226 g/mol. The number of aromatic nitrogens is 1. The third-order valence-corrected chi connectivity index (χ3v) is 2.70. The highest BCUT2D eigenvalue weighted by atomic mass is 16.1. The molecule has 0 aliphatic heterocycles. The van der Waals surface area contributed by atoms with Crippen molar-refractivity contribution in [3.05, 3.63) is 53.9 Å². The van der Waals surface area contributed by atoms with Crippen LogP contribution in [0.25, 0.3) is 0 Å². The van der Waals surface area contributed by atoms with E-state index in [0.29, 0.717) is 11.3 Å². The second-order valence-electron chi connectivity index (χ2n) is 4.03. The third-order valence-electron chi connectivity index (χ3n) is 2.70. The number of nitrogens with zero attached hydrogens (tertiary/aromatic N) is 2. The molecule has 4 heteroatoms. The lowest BCUT2D eigenvalue weighted by Crippen LogP contribution is -2.25. The minimum absolute atomic E-state index is 0.0184. The van der Waals surface area contributed by atoms with Gasteiger partial charge in [0.15, 0.2) is 5.78 Å². The van der Waals surface area contributed by atoms with Crippen LogP contribution in [-0.4, -0.2) is 24.4 Å². The van der Waals surface area contributed by atoms with Crippen LogP contribution in [0.1, 0.15) is 16.1 Å². The van der Waals surface area contributed by atoms with Crippen LogP contribution in [0.3, 0.4) is 0 Å². The molecule has 2 aromatic rings. The van der Waals surface area contributed by atoms with Crippen molar-refractivity contribution in [2.24, 2.45) is 0 Å². The number of hydrogen-bond donors (Lipinski definition) is 1. The van der Waals surface area contributed by atoms with Crippen molar-refractivity contribution in [3.63, 3.8) is 0 Å². The number of nitriles is 1. The molecule has 1 aromatic carbocycles. The lowest BCUT2D eigenvalue weighted by molar-refractivity contribution is 0.0996. The van der Waals surface area contributed by atoms with Crippen LogP contribution in [0.2, 0.25) is 0 Å². The van der Waals surface area contributed by atoms with Crippen molar-refractivity contribution >= 4 is 11.5 Å². The fourth-order valence-corrected chi connectivity index (χ4v) is 1.71. The number of likely N-dealkylation sites (N-methyl/N-ethyl adjacent to an activating group) is 1. The van der Waals surface area contributed by atoms with Crippen molar-refractivity contribution in [2.45, 2.75) is 0 Å². The van der Waals surface area contributed by atoms with Crippen molar-refractivity contribution in [2.75, 3.05) is 18.5 Å². The third kappa shape index (κ3) is 2.58. The Kier molecular flexibility index (Phi) is 3.44. The first-order valence-corrected chi connectivity index (χ1v) is 5.58. The van der Waals surface area contributed by atoms with E-state index >= 15 is 0 Å². The molecule has 0 fully saturated rings. The van der Waals surface area contributed by atoms with Gasteiger partial charge in [-0.2, -0.15) is 5.26 Å². The zero-order valence-corrected chi connectivity index (χ0v) is 10.1. The van der Waals surface area contributed by atoms with E-state index in [9.17, 15) is 4.79 Å². The zero-order chi connectivity index (χ0) is 13.0. The number of ketones is 1. The number of aromatic amines is 1. The number of benzene rings is 1. The molecule has 2 rings (SSSR count). The summed E-state index contributed by atoms with van der Waals surface area (Å²) in [5.74, 6) is 0.0184. The van der Waals surface area contributed by atoms with Crippen LogP contribution in [-0.2, 0) is 0 Å². The van der Waals surface area contributed by atoms with Gasteiger partial charge in [0.2, 0.25) is 0 Å². The average Bonchev–Trinajstić information content (AvgIpc) is 2.92. The quantitative estimate of drug-likeness (QED) is 0.832. The monoisotopic (exact) mass is 239 g/mol. The minimum atomic E-state index is 0.0184. The number of Topliss-reactive ketones (excluding diaryl/α,β-unsaturated/α-hetero) is 1. The SMILES string of the molecule is CN(CC(=O)c1ccc[nH]1)c1cccc(C#N)c1. The molecule has 0 radical (unpaired) electrons. The summed E-state index contributed by atoms with van der Waals surface area (Å²) in [4.78, 5) is 16.6. The summed E-state index contributed by atoms with van der Waals surface area (Å²) < 4.78 is 0. The molecular formula is C14H13N3O. The molecule has 1 N–H and O–H groups in total. The molecule has 0 atom stereocenters. The molecule has 0 unspecified atom stereocenters. The van der Waals surface area contributed by atoms with Crippen LogP contribution in [0.5, 0.6) is 0 Å². The maximum absolute atomic E-state index is 11.9. The van der Waals surface area contributed by atoms with Gasteiger partial charge in [-0.15, -0.1) is 0 Å². The predicted octanol–water partition coefficient (Wildman–Crippen LogP) is 2.21. The van der Waals surface area contributed by atoms with E-state index in [1.165, 1.54) is 0 Å². The molecule has 0 spiro atoms. The number of anilines is 1. The normalized spacial score (nSPS) is 9.78. The Morgan fingerprint density at radius 1 is 1.39 bits per heavy atom. The first-order valence-electron chi connectivity index (χ1n) is 5.58. The summed E-state index contributed by atoms with van der Waals surface area (Å²) in [6, 6.07) is 12.8. The summed E-state index contributed by atoms with van der Waals surface area (Å²) in [7, 11) is 1.83. The molecule has 4 nitrogen and oxygen atoms in total. The highest BCUT2D eigenvalue weighted by Gasteiger charge is 2.10. The standard InChI is InChI=1S/C14H13N3O/c1-17(10-14(18)13-6-3-7-16-13)12-5-2-4-11(8-12)9-15/h2-8,16H,10H2,1H3. The van der Waals surface area contributed by atoms with Gasteiger partial charge in [-0.3, -0.25) is 4.79 Å². The molecule has 0 aliphatic rings. The zero-order valence-electron chi connectivity index (χ0n) is 10.1. The maximum atomic E-state index is 11.9. The summed E-state index contributed by atoms with van der Waals surface area (Å²) in [5, 5.41) is 8.84. The molecule has 0 bridgehead atoms. The number of carbonyl (C=O) groups excluding carboxylic acids is 1. The van der Waals surface area contributed by atoms with Gasteiger partial charge in [0, 0.05) is 18.9 Å². The van der Waals surface area contributed by atoms with Crippen LogP contribution in [0.4, 0.5) is 5.69 Å². The number of carbonyl (C=O) groups is 1. The van der Waals surface area contributed by atoms with Gasteiger partial charge < -0.3 is 9.88 Å². The van der Waals surface area contributed by atoms with E-state index in [0.717, 1.165) is 5.69 Å². The Bertz CT molecular complexity index is 581. The van der Waals surface area contributed by atoms with Crippen LogP contribution in [0.15, 0.2) is 42.6 Å². The fourth-order valence-electron chi connectivity index (χ4n) is 1.71. The van der Waals surface area contributed by atoms with Gasteiger partial charge in [0.25, 0.3) is 0 Å². The van der Waals surface area contributed by atoms with Gasteiger partial charge in [-0.05, 0) is 30.3 Å². The Labute approximate surface area is 105 Å². The summed E-state index contributed by atoms with van der Waals surface area (Å²) >= 11 is 0. The van der Waals surface area contributed by atoms with Gasteiger partial charge >= 0.3 is 0 Å². The topological polar surface area (TPSA) is 59.9 Å². The van der Waals surface area contributed by atoms with Crippen molar-refractivity contribution in [3.8, 4) is 6.07 Å². The number of nitrogens with one attached hydrogen (secondary N) is 1. The van der Waals surface area contributed by atoms with Crippen LogP contribution >= 0.6 is 0 Å². The number of rotatable bonds is 4. The Balaban J connectivity index is 2.10. The van der Waals surface area contributed by atoms with Crippen molar-refractivity contribution in [1.82, 2.24) is 4.98 Å². The van der Waals surface area contributed by atoms with E-state index in [1.807, 2.05) is 24.1 Å². The van der Waals surface area contributed by atoms with Gasteiger partial charge in [-0.25, -0.2) is 0 Å². The molecule has 18 heavy (non-hydrogen) atoms. The van der Waals surface area contributed by atoms with Crippen LogP contribution < -0.4 is 4.90 Å². The summed E-state index contributed by atoms with van der Waals surface area (Å²) in [6.45, 7) is 0.273. The number of H-pyrrole nitrogens is 1. The first-order chi connectivity index (χ1) is 8.70. The lowest BCUT2D eigenvalue weighted by Gasteiger charge is -2.18. The maximum Gasteiger partial charge on any atom is 0.198 e. The smallest absolute Gasteiger partial charge is 0.198 e. The van der Waals surface area contributed by atoms with Crippen molar-refractivity contribution in [1.29, 1.82) is 5.26 Å². The molecule has 1 heterocycles. The highest BCUT2D eigenvalue weighted by Crippen LogP contribution is 2.14. The fraction of sp³-hybridized carbons (Fsp3) is 0.143. The first kappa shape index (κ1) is 11.9. The Morgan fingerprint density at radius 3 is 2.89 bits per heavy atom. The van der Waals surface area contributed by atoms with Crippen molar-refractivity contribution < 1.29 is 4.79 Å². The minimum Gasteiger partial charge on any atom is -0.367 e.